The van der Waals surface area contributed by atoms with Crippen LogP contribution in [0.2, 0.25) is 4.34 Å². The first-order valence-corrected chi connectivity index (χ1v) is 52.4. The highest BCUT2D eigenvalue weighted by Gasteiger charge is 2.40. The molecule has 1 unspecified atom stereocenters. The van der Waals surface area contributed by atoms with E-state index >= 15 is 4.39 Å². The molecule has 26 nitrogen and oxygen atoms in total. The lowest BCUT2D eigenvalue weighted by Gasteiger charge is -2.25. The van der Waals surface area contributed by atoms with Crippen LogP contribution in [0.1, 0.15) is 255 Å². The highest BCUT2D eigenvalue weighted by Crippen LogP contribution is 2.42. The molecule has 0 spiro atoms. The van der Waals surface area contributed by atoms with Crippen molar-refractivity contribution in [1.29, 1.82) is 0 Å². The summed E-state index contributed by atoms with van der Waals surface area (Å²) in [4.78, 5) is 126. The van der Waals surface area contributed by atoms with Crippen molar-refractivity contribution in [3.63, 3.8) is 0 Å². The summed E-state index contributed by atoms with van der Waals surface area (Å²) in [6.07, 6.45) is 25.4. The zero-order valence-electron chi connectivity index (χ0n) is 75.8. The van der Waals surface area contributed by atoms with Crippen LogP contribution in [0, 0.1) is 19.7 Å². The number of ether oxygens (including phenoxy) is 2. The molecule has 7 aromatic heterocycles. The first kappa shape index (κ1) is 97.6. The van der Waals surface area contributed by atoms with E-state index < -0.39 is 75.7 Å². The fraction of sp³-hybridized carbons (Fsp3) is 0.390. The number of aliphatic imine (C=N–C) groups is 1. The number of hydrogen-bond acceptors (Lipinski definition) is 19. The average molecular weight is 1920 g/mol. The van der Waals surface area contributed by atoms with E-state index in [1.807, 2.05) is 154 Å². The minimum Gasteiger partial charge on any atom is -0.494 e. The van der Waals surface area contributed by atoms with Crippen molar-refractivity contribution in [3.05, 3.63) is 253 Å². The smallest absolute Gasteiger partial charge is 0.271 e. The Morgan fingerprint density at radius 1 is 0.519 bits per heavy atom. The molecule has 4 amide bonds. The number of rotatable bonds is 30. The van der Waals surface area contributed by atoms with Crippen molar-refractivity contribution in [1.82, 2.24) is 44.1 Å². The molecular formula is C100H114ClFN12O14S5. The highest BCUT2D eigenvalue weighted by atomic mass is 35.5. The molecule has 33 heteroatoms. The molecular weight excluding hydrogens is 1810 g/mol. The quantitative estimate of drug-likeness (QED) is 0.0153. The van der Waals surface area contributed by atoms with E-state index in [1.165, 1.54) is 92.2 Å². The third kappa shape index (κ3) is 25.2. The number of nitrogens with zero attached hydrogens (tertiary/aromatic N) is 4. The lowest BCUT2D eigenvalue weighted by molar-refractivity contribution is 0.0971. The Balaban J connectivity index is 0.000000143. The van der Waals surface area contributed by atoms with Gasteiger partial charge < -0.3 is 44.9 Å². The van der Waals surface area contributed by atoms with Crippen LogP contribution in [0.15, 0.2) is 181 Å². The largest absolute Gasteiger partial charge is 0.494 e. The fourth-order valence-corrected chi connectivity index (χ4v) is 22.8. The van der Waals surface area contributed by atoms with Gasteiger partial charge >= 0.3 is 0 Å². The van der Waals surface area contributed by atoms with Crippen molar-refractivity contribution in [3.8, 4) is 66.2 Å². The summed E-state index contributed by atoms with van der Waals surface area (Å²) in [6, 6.07) is 43.5. The minimum atomic E-state index is -3.89. The maximum absolute atomic E-state index is 15.1. The number of pyridine rings is 4. The predicted octanol–water partition coefficient (Wildman–Crippen LogP) is 20.4. The number of amidine groups is 1. The van der Waals surface area contributed by atoms with Crippen molar-refractivity contribution in [2.45, 2.75) is 222 Å². The Kier molecular flexibility index (Phi) is 32.7. The maximum Gasteiger partial charge on any atom is 0.271 e. The molecule has 17 rings (SSSR count). The molecule has 5 saturated carbocycles. The molecule has 11 aromatic rings. The lowest BCUT2D eigenvalue weighted by atomic mass is 9.86. The van der Waals surface area contributed by atoms with Crippen LogP contribution in [0.4, 0.5) is 15.8 Å². The van der Waals surface area contributed by atoms with E-state index in [4.69, 9.17) is 21.1 Å². The fourth-order valence-electron chi connectivity index (χ4n) is 16.3. The Labute approximate surface area is 789 Å². The number of anilines is 2. The van der Waals surface area contributed by atoms with E-state index in [2.05, 4.69) is 58.4 Å². The molecule has 1 atom stereocenters. The van der Waals surface area contributed by atoms with Gasteiger partial charge in [0.05, 0.1) is 56.7 Å². The summed E-state index contributed by atoms with van der Waals surface area (Å²) in [5, 5.41) is 9.12. The second-order valence-corrected chi connectivity index (χ2v) is 43.4. The van der Waals surface area contributed by atoms with Gasteiger partial charge in [0.2, 0.25) is 20.0 Å². The number of benzene rings is 4. The number of sulfonamides is 2. The number of nitrogens with one attached hydrogen (secondary N) is 8. The molecule has 5 aliphatic carbocycles. The molecule has 133 heavy (non-hydrogen) atoms. The zero-order chi connectivity index (χ0) is 94.2. The number of hydrogen-bond donors (Lipinski definition) is 8. The third-order valence-electron chi connectivity index (χ3n) is 24.4. The molecule has 702 valence electrons. The van der Waals surface area contributed by atoms with Gasteiger partial charge in [0.15, 0.2) is 0 Å². The number of unbranched alkanes of at least 4 members (excludes halogenated alkanes) is 4. The monoisotopic (exact) mass is 1920 g/mol. The summed E-state index contributed by atoms with van der Waals surface area (Å²) < 4.78 is 82.6. The van der Waals surface area contributed by atoms with E-state index in [0.717, 1.165) is 136 Å². The summed E-state index contributed by atoms with van der Waals surface area (Å²) in [5.41, 5.74) is 8.04. The second kappa shape index (κ2) is 44.6. The van der Waals surface area contributed by atoms with Gasteiger partial charge in [0.25, 0.3) is 45.9 Å². The normalized spacial score (nSPS) is 15.7. The third-order valence-corrected chi connectivity index (χ3v) is 32.4. The number of aryl methyl sites for hydroxylation is 3. The van der Waals surface area contributed by atoms with Gasteiger partial charge in [-0.3, -0.25) is 43.0 Å². The number of aromatic amines is 4. The van der Waals surface area contributed by atoms with Crippen LogP contribution in [-0.4, -0.2) is 130 Å². The lowest BCUT2D eigenvalue weighted by Crippen LogP contribution is -2.37. The molecule has 4 aromatic carbocycles. The number of halogens is 2. The SMILES string of the molecule is CCCCCCOc1ccc(-c2cc(-c3ccc(CC)s3)c(C(=O)NS(=O)(=O)C3CC3)c(=O)[nH]2)cc1.CCCCOc1ccc(-c2cc(-c3ccn(C4CCC4)n3)c(C(=O)NS(=O)(=O)C3CC3)c(=O)[nH]2)c(F)c1.Cc1ccc(NC(=O)c2c(-c3ccc(Cl)s3)cc(C3CCCCC3)[nH]c2=O)cc1.Cc1ccc(NC(=O)c2c(S3=CN=C(N(C)C)C3)cc(C3CCCCC3)[nH]c2=O)cc1. The number of H-pyrrole nitrogens is 4. The topological polar surface area (TPSA) is 368 Å². The summed E-state index contributed by atoms with van der Waals surface area (Å²) in [5.74, 6) is 0.176. The van der Waals surface area contributed by atoms with E-state index in [9.17, 15) is 55.2 Å². The van der Waals surface area contributed by atoms with Gasteiger partial charge in [0.1, 0.15) is 45.4 Å². The Morgan fingerprint density at radius 3 is 1.56 bits per heavy atom. The van der Waals surface area contributed by atoms with Gasteiger partial charge in [-0.25, -0.2) is 35.7 Å². The van der Waals surface area contributed by atoms with Crippen molar-refractivity contribution < 1.29 is 49.9 Å². The summed E-state index contributed by atoms with van der Waals surface area (Å²) in [6.45, 7) is 11.3. The van der Waals surface area contributed by atoms with Crippen molar-refractivity contribution in [2.75, 3.05) is 43.7 Å². The van der Waals surface area contributed by atoms with Gasteiger partial charge in [-0.2, -0.15) is 5.10 Å². The number of carbonyl (C=O) groups is 4. The number of aromatic nitrogens is 6. The molecule has 5 fully saturated rings. The molecule has 0 saturated heterocycles. The molecule has 1 aliphatic heterocycles. The number of amides is 4. The van der Waals surface area contributed by atoms with Gasteiger partial charge in [0, 0.05) is 96.6 Å². The molecule has 0 bridgehead atoms. The first-order chi connectivity index (χ1) is 64.0. The molecule has 6 aliphatic rings. The maximum atomic E-state index is 15.1. The Bertz CT molecular complexity index is 6610. The van der Waals surface area contributed by atoms with E-state index in [-0.39, 0.29) is 62.1 Å². The van der Waals surface area contributed by atoms with Gasteiger partial charge in [-0.15, -0.1) is 33.2 Å². The second-order valence-electron chi connectivity index (χ2n) is 34.8. The number of carbonyl (C=O) groups excluding carboxylic acids is 4. The zero-order valence-corrected chi connectivity index (χ0v) is 80.6. The summed E-state index contributed by atoms with van der Waals surface area (Å²) >= 11 is 9.01. The van der Waals surface area contributed by atoms with E-state index in [1.54, 1.807) is 35.1 Å². The van der Waals surface area contributed by atoms with E-state index in [0.29, 0.717) is 100 Å². The Morgan fingerprint density at radius 2 is 1.03 bits per heavy atom. The van der Waals surface area contributed by atoms with Gasteiger partial charge in [-0.05, 0) is 236 Å². The molecule has 8 N–H and O–H groups in total. The van der Waals surface area contributed by atoms with Crippen LogP contribution >= 0.6 is 44.8 Å². The highest BCUT2D eigenvalue weighted by molar-refractivity contribution is 8.16. The van der Waals surface area contributed by atoms with Crippen LogP contribution < -0.4 is 51.8 Å². The first-order valence-electron chi connectivity index (χ1n) is 45.8. The van der Waals surface area contributed by atoms with Crippen LogP contribution in [0.5, 0.6) is 11.5 Å². The summed E-state index contributed by atoms with van der Waals surface area (Å²) in [7, 11) is -4.16. The molecule has 0 radical (unpaired) electrons. The predicted molar refractivity (Wildman–Crippen MR) is 531 cm³/mol. The molecule has 8 heterocycles. The van der Waals surface area contributed by atoms with Crippen molar-refractivity contribution >= 4 is 111 Å². The number of thiophene rings is 2. The average Bonchev–Trinajstić information content (AvgIpc) is 1.72. The Hall–Kier alpha value is -11.4. The van der Waals surface area contributed by atoms with Crippen molar-refractivity contribution in [2.24, 2.45) is 4.99 Å². The van der Waals surface area contributed by atoms with Crippen LogP contribution in [0.25, 0.3) is 54.7 Å². The minimum absolute atomic E-state index is 0.108. The van der Waals surface area contributed by atoms with Crippen LogP contribution in [0.3, 0.4) is 0 Å². The standard InChI is InChI=1S/C27H32N2O5S2.C26H29FN4O5S.C24H30N4O2S.C23H23ClN2O2S/c1-3-5-6-7-16-34-19-10-8-18(9-11-19)23-17-22(24-15-12-20(4-2)35-24)25(26(30)28-23)27(31)29-36(32,33)21-13-14-21;1-2-3-13-36-17-7-10-19(21(27)14-17)23-15-20(22-11-12-31(29-22)16-5-4-6-16)24(25(32)28-23)26(33)30-37(34,35)18-8-9-18;1-16-9-11-18(12-10-16)26-23(29)22-20(31-14-21(25-15-31)28(2)3)13-19(27-24(22)30)17-7-5-4-6-8-17;1-14-7-9-16(10-8-14)25-22(27)21-17(19-11-12-20(24)29-19)13-18(26-23(21)28)15-5-3-2-4-6-15/h8-12,15,17,21H,3-7,13-14,16H2,1-2H3,(H,28,30)(H,29,31);7,10-12,14-16,18H,2-6,8-9,13H2,1H3,(H,28,32)(H,30,33);9-13,15,17H,4-8,14H2,1-3H3,(H,26,29)(H,27,30);7-13,15H,2-6H2,1H3,(H,25,27)(H,26,28). The van der Waals surface area contributed by atoms with Crippen LogP contribution in [-0.2, 0) is 26.5 Å². The van der Waals surface area contributed by atoms with Gasteiger partial charge in [-0.1, -0.05) is 132 Å².